The summed E-state index contributed by atoms with van der Waals surface area (Å²) in [5, 5.41) is 0. The van der Waals surface area contributed by atoms with Gasteiger partial charge in [-0.2, -0.15) is 0 Å². The van der Waals surface area contributed by atoms with E-state index in [0.29, 0.717) is 13.2 Å². The minimum absolute atomic E-state index is 0.233. The van der Waals surface area contributed by atoms with Gasteiger partial charge in [0.15, 0.2) is 0 Å². The van der Waals surface area contributed by atoms with Crippen molar-refractivity contribution in [1.82, 2.24) is 0 Å². The zero-order valence-electron chi connectivity index (χ0n) is 11.0. The zero-order valence-corrected chi connectivity index (χ0v) is 11.9. The maximum Gasteiger partial charge on any atom is 0.337 e. The zero-order chi connectivity index (χ0) is 12.9. The molecule has 17 heavy (non-hydrogen) atoms. The molecule has 1 rings (SSSR count). The number of hydrogen-bond acceptors (Lipinski definition) is 3. The highest BCUT2D eigenvalue weighted by Gasteiger charge is 2.32. The van der Waals surface area contributed by atoms with Crippen LogP contribution < -0.4 is 0 Å². The standard InChI is InChI=1S/C13H21O3P/c1-5-15-17(14,16-6-2)12(4)13-9-7-11(3)8-10-13/h7-10,12H,5-6H2,1-4H3. The Kier molecular flexibility index (Phi) is 5.38. The van der Waals surface area contributed by atoms with Crippen LogP contribution in [0.2, 0.25) is 0 Å². The first kappa shape index (κ1) is 14.4. The lowest BCUT2D eigenvalue weighted by atomic mass is 10.1. The Morgan fingerprint density at radius 2 is 1.59 bits per heavy atom. The molecule has 1 aromatic rings. The van der Waals surface area contributed by atoms with E-state index in [1.165, 1.54) is 5.56 Å². The molecule has 1 aromatic carbocycles. The minimum Gasteiger partial charge on any atom is -0.308 e. The molecule has 0 bridgehead atoms. The van der Waals surface area contributed by atoms with Crippen LogP contribution in [0, 0.1) is 6.92 Å². The van der Waals surface area contributed by atoms with Crippen molar-refractivity contribution in [3.05, 3.63) is 35.4 Å². The molecule has 0 saturated heterocycles. The van der Waals surface area contributed by atoms with Crippen LogP contribution in [0.25, 0.3) is 0 Å². The van der Waals surface area contributed by atoms with E-state index in [4.69, 9.17) is 9.05 Å². The summed E-state index contributed by atoms with van der Waals surface area (Å²) in [7, 11) is -3.05. The predicted molar refractivity (Wildman–Crippen MR) is 70.5 cm³/mol. The molecule has 3 nitrogen and oxygen atoms in total. The highest BCUT2D eigenvalue weighted by atomic mass is 31.2. The summed E-state index contributed by atoms with van der Waals surface area (Å²) >= 11 is 0. The minimum atomic E-state index is -3.05. The fourth-order valence-corrected chi connectivity index (χ4v) is 3.43. The molecule has 0 aliphatic rings. The third-order valence-electron chi connectivity index (χ3n) is 2.65. The van der Waals surface area contributed by atoms with Crippen LogP contribution in [-0.4, -0.2) is 13.2 Å². The third-order valence-corrected chi connectivity index (χ3v) is 5.14. The van der Waals surface area contributed by atoms with Gasteiger partial charge in [-0.1, -0.05) is 29.8 Å². The highest BCUT2D eigenvalue weighted by Crippen LogP contribution is 2.60. The second-order valence-electron chi connectivity index (χ2n) is 3.96. The average Bonchev–Trinajstić information content (AvgIpc) is 2.30. The smallest absolute Gasteiger partial charge is 0.308 e. The monoisotopic (exact) mass is 256 g/mol. The van der Waals surface area contributed by atoms with Crippen LogP contribution in [0.4, 0.5) is 0 Å². The van der Waals surface area contributed by atoms with Crippen LogP contribution >= 0.6 is 7.60 Å². The molecule has 96 valence electrons. The van der Waals surface area contributed by atoms with E-state index in [1.807, 2.05) is 52.0 Å². The predicted octanol–water partition coefficient (Wildman–Crippen LogP) is 4.32. The van der Waals surface area contributed by atoms with Crippen molar-refractivity contribution in [2.75, 3.05) is 13.2 Å². The van der Waals surface area contributed by atoms with Crippen molar-refractivity contribution in [3.63, 3.8) is 0 Å². The lowest BCUT2D eigenvalue weighted by Crippen LogP contribution is -2.03. The third kappa shape index (κ3) is 3.67. The van der Waals surface area contributed by atoms with Gasteiger partial charge < -0.3 is 9.05 Å². The normalized spacial score (nSPS) is 13.6. The number of rotatable bonds is 6. The molecule has 0 aromatic heterocycles. The Morgan fingerprint density at radius 3 is 2.00 bits per heavy atom. The van der Waals surface area contributed by atoms with Gasteiger partial charge in [-0.25, -0.2) is 0 Å². The Bertz CT molecular complexity index is 376. The lowest BCUT2D eigenvalue weighted by molar-refractivity contribution is 0.213. The van der Waals surface area contributed by atoms with Gasteiger partial charge in [-0.05, 0) is 33.3 Å². The van der Waals surface area contributed by atoms with Crippen LogP contribution in [0.15, 0.2) is 24.3 Å². The number of benzene rings is 1. The fraction of sp³-hybridized carbons (Fsp3) is 0.538. The largest absolute Gasteiger partial charge is 0.337 e. The highest BCUT2D eigenvalue weighted by molar-refractivity contribution is 7.54. The molecule has 0 fully saturated rings. The van der Waals surface area contributed by atoms with Crippen molar-refractivity contribution in [3.8, 4) is 0 Å². The maximum atomic E-state index is 12.6. The van der Waals surface area contributed by atoms with Crippen molar-refractivity contribution < 1.29 is 13.6 Å². The molecular weight excluding hydrogens is 235 g/mol. The second-order valence-corrected chi connectivity index (χ2v) is 6.33. The molecule has 0 saturated carbocycles. The molecule has 0 heterocycles. The summed E-state index contributed by atoms with van der Waals surface area (Å²) in [6.07, 6.45) is 0. The van der Waals surface area contributed by atoms with Gasteiger partial charge >= 0.3 is 7.60 Å². The van der Waals surface area contributed by atoms with Crippen LogP contribution in [0.5, 0.6) is 0 Å². The quantitative estimate of drug-likeness (QED) is 0.711. The Balaban J connectivity index is 2.95. The number of aryl methyl sites for hydroxylation is 1. The van der Waals surface area contributed by atoms with Crippen molar-refractivity contribution >= 4 is 7.60 Å². The van der Waals surface area contributed by atoms with Crippen LogP contribution in [0.3, 0.4) is 0 Å². The molecule has 1 unspecified atom stereocenters. The Hall–Kier alpha value is -0.630. The van der Waals surface area contributed by atoms with E-state index in [9.17, 15) is 4.57 Å². The van der Waals surface area contributed by atoms with Crippen molar-refractivity contribution in [1.29, 1.82) is 0 Å². The van der Waals surface area contributed by atoms with Gasteiger partial charge in [-0.15, -0.1) is 0 Å². The average molecular weight is 256 g/mol. The molecule has 4 heteroatoms. The SMILES string of the molecule is CCOP(=O)(OCC)C(C)c1ccc(C)cc1. The summed E-state index contributed by atoms with van der Waals surface area (Å²) in [6, 6.07) is 7.97. The van der Waals surface area contributed by atoms with Gasteiger partial charge in [0.1, 0.15) is 0 Å². The number of hydrogen-bond donors (Lipinski definition) is 0. The summed E-state index contributed by atoms with van der Waals surface area (Å²) in [5.41, 5.74) is 1.94. The molecular formula is C13H21O3P. The van der Waals surface area contributed by atoms with E-state index in [-0.39, 0.29) is 5.66 Å². The van der Waals surface area contributed by atoms with Crippen LogP contribution in [0.1, 0.15) is 37.6 Å². The fourth-order valence-electron chi connectivity index (χ4n) is 1.65. The van der Waals surface area contributed by atoms with Crippen LogP contribution in [-0.2, 0) is 13.6 Å². The summed E-state index contributed by atoms with van der Waals surface area (Å²) < 4.78 is 23.3. The summed E-state index contributed by atoms with van der Waals surface area (Å²) in [4.78, 5) is 0. The molecule has 0 spiro atoms. The summed E-state index contributed by atoms with van der Waals surface area (Å²) in [5.74, 6) is 0. The van der Waals surface area contributed by atoms with Crippen molar-refractivity contribution in [2.24, 2.45) is 0 Å². The topological polar surface area (TPSA) is 35.5 Å². The van der Waals surface area contributed by atoms with Gasteiger partial charge in [0.05, 0.1) is 18.9 Å². The summed E-state index contributed by atoms with van der Waals surface area (Å²) in [6.45, 7) is 8.36. The van der Waals surface area contributed by atoms with E-state index >= 15 is 0 Å². The van der Waals surface area contributed by atoms with Gasteiger partial charge in [0, 0.05) is 0 Å². The Labute approximate surface area is 104 Å². The molecule has 0 aliphatic heterocycles. The first-order chi connectivity index (χ1) is 8.03. The first-order valence-electron chi connectivity index (χ1n) is 5.98. The van der Waals surface area contributed by atoms with Gasteiger partial charge in [0.25, 0.3) is 0 Å². The molecule has 0 aliphatic carbocycles. The van der Waals surface area contributed by atoms with E-state index in [1.54, 1.807) is 0 Å². The van der Waals surface area contributed by atoms with Crippen molar-refractivity contribution in [2.45, 2.75) is 33.4 Å². The molecule has 1 atom stereocenters. The van der Waals surface area contributed by atoms with E-state index in [2.05, 4.69) is 0 Å². The molecule has 0 N–H and O–H groups in total. The molecule has 0 amide bonds. The van der Waals surface area contributed by atoms with E-state index < -0.39 is 7.60 Å². The lowest BCUT2D eigenvalue weighted by Gasteiger charge is -2.23. The maximum absolute atomic E-state index is 12.6. The molecule has 0 radical (unpaired) electrons. The van der Waals surface area contributed by atoms with Gasteiger partial charge in [0.2, 0.25) is 0 Å². The van der Waals surface area contributed by atoms with E-state index in [0.717, 1.165) is 5.56 Å². The van der Waals surface area contributed by atoms with Gasteiger partial charge in [-0.3, -0.25) is 4.57 Å². The first-order valence-corrected chi connectivity index (χ1v) is 7.60. The Morgan fingerprint density at radius 1 is 1.12 bits per heavy atom. The second kappa shape index (κ2) is 6.34.